The molecule has 0 aliphatic carbocycles. The van der Waals surface area contributed by atoms with E-state index in [1.165, 1.54) is 7.11 Å². The average Bonchev–Trinajstić information content (AvgIpc) is 2.96. The standard InChI is InChI=1S/C24H24O6.C6H12O2.CH2O.CH4/c1-16-4-6-21(11-23(16)27-2)29-14-17-8-18(10-20(26)9-17)15-30-22-7-5-19(13-25)24(12-22)28-3;1-3-4-5(2)6(7)8;1-2;/h4-13,26H,14-15H2,1-3H3;5H,3-4H2,1-2H3,(H,7,8);1H2;1H4. The number of aromatic hydroxyl groups is 1. The highest BCUT2D eigenvalue weighted by molar-refractivity contribution is 5.79. The van der Waals surface area contributed by atoms with Gasteiger partial charge >= 0.3 is 5.97 Å². The zero-order chi connectivity index (χ0) is 30.1. The number of ether oxygens (including phenoxy) is 4. The molecule has 1 unspecified atom stereocenters. The Bertz CT molecular complexity index is 1220. The molecule has 0 saturated carbocycles. The summed E-state index contributed by atoms with van der Waals surface area (Å²) in [4.78, 5) is 29.1. The van der Waals surface area contributed by atoms with Crippen LogP contribution in [0, 0.1) is 12.8 Å². The smallest absolute Gasteiger partial charge is 0.306 e. The molecule has 0 amide bonds. The fourth-order valence-electron chi connectivity index (χ4n) is 3.57. The van der Waals surface area contributed by atoms with E-state index >= 15 is 0 Å². The maximum atomic E-state index is 11.0. The summed E-state index contributed by atoms with van der Waals surface area (Å²) >= 11 is 0. The quantitative estimate of drug-likeness (QED) is 0.230. The third-order valence-electron chi connectivity index (χ3n) is 5.70. The molecule has 3 aromatic rings. The van der Waals surface area contributed by atoms with Gasteiger partial charge in [-0.2, -0.15) is 0 Å². The van der Waals surface area contributed by atoms with Crippen LogP contribution >= 0.6 is 0 Å². The van der Waals surface area contributed by atoms with Gasteiger partial charge in [0, 0.05) is 12.1 Å². The first-order valence-corrected chi connectivity index (χ1v) is 12.6. The molecular formula is C32H42O9. The average molecular weight is 571 g/mol. The summed E-state index contributed by atoms with van der Waals surface area (Å²) in [6.45, 7) is 8.20. The molecule has 3 rings (SSSR count). The van der Waals surface area contributed by atoms with Gasteiger partial charge in [-0.3, -0.25) is 9.59 Å². The highest BCUT2D eigenvalue weighted by Crippen LogP contribution is 2.27. The van der Waals surface area contributed by atoms with Crippen LogP contribution < -0.4 is 18.9 Å². The lowest BCUT2D eigenvalue weighted by molar-refractivity contribution is -0.141. The topological polar surface area (TPSA) is 129 Å². The van der Waals surface area contributed by atoms with Gasteiger partial charge < -0.3 is 34.0 Å². The van der Waals surface area contributed by atoms with Crippen LogP contribution in [0.5, 0.6) is 28.7 Å². The van der Waals surface area contributed by atoms with Gasteiger partial charge in [0.05, 0.1) is 25.7 Å². The molecular weight excluding hydrogens is 528 g/mol. The molecule has 9 heteroatoms. The Kier molecular flexibility index (Phi) is 17.4. The molecule has 3 aromatic carbocycles. The van der Waals surface area contributed by atoms with Crippen molar-refractivity contribution >= 4 is 19.0 Å². The number of rotatable bonds is 12. The SMILES string of the molecule is C.C=O.CCCC(C)C(=O)O.COc1cc(OCc2cc(O)cc(COc3ccc(C=O)c(OC)c3)c2)ccc1C. The molecule has 0 aliphatic rings. The lowest BCUT2D eigenvalue weighted by Gasteiger charge is -2.12. The van der Waals surface area contributed by atoms with Crippen LogP contribution in [0.3, 0.4) is 0 Å². The summed E-state index contributed by atoms with van der Waals surface area (Å²) in [5.74, 6) is 1.72. The Morgan fingerprint density at radius 2 is 1.41 bits per heavy atom. The number of carboxylic acids is 1. The monoisotopic (exact) mass is 570 g/mol. The summed E-state index contributed by atoms with van der Waals surface area (Å²) in [6.07, 6.45) is 2.47. The number of benzene rings is 3. The minimum Gasteiger partial charge on any atom is -0.508 e. The minimum absolute atomic E-state index is 0. The van der Waals surface area contributed by atoms with Gasteiger partial charge in [-0.05, 0) is 66.4 Å². The van der Waals surface area contributed by atoms with E-state index in [1.807, 2.05) is 44.9 Å². The van der Waals surface area contributed by atoms with Crippen molar-refractivity contribution in [1.29, 1.82) is 0 Å². The summed E-state index contributed by atoms with van der Waals surface area (Å²) in [5, 5.41) is 18.4. The molecule has 41 heavy (non-hydrogen) atoms. The lowest BCUT2D eigenvalue weighted by atomic mass is 10.1. The normalized spacial score (nSPS) is 10.3. The predicted octanol–water partition coefficient (Wildman–Crippen LogP) is 6.65. The Labute approximate surface area is 242 Å². The first-order valence-electron chi connectivity index (χ1n) is 12.6. The van der Waals surface area contributed by atoms with Crippen LogP contribution in [0.2, 0.25) is 0 Å². The molecule has 0 fully saturated rings. The molecule has 0 heterocycles. The third-order valence-corrected chi connectivity index (χ3v) is 5.70. The van der Waals surface area contributed by atoms with Crippen molar-refractivity contribution < 1.29 is 43.5 Å². The van der Waals surface area contributed by atoms with Crippen molar-refractivity contribution in [2.45, 2.75) is 54.3 Å². The van der Waals surface area contributed by atoms with Crippen molar-refractivity contribution in [3.63, 3.8) is 0 Å². The zero-order valence-electron chi connectivity index (χ0n) is 23.6. The number of carbonyl (C=O) groups excluding carboxylic acids is 2. The van der Waals surface area contributed by atoms with Gasteiger partial charge in [0.25, 0.3) is 0 Å². The fourth-order valence-corrected chi connectivity index (χ4v) is 3.57. The Morgan fingerprint density at radius 3 is 1.85 bits per heavy atom. The van der Waals surface area contributed by atoms with Gasteiger partial charge in [0.15, 0.2) is 6.29 Å². The van der Waals surface area contributed by atoms with Crippen molar-refractivity contribution in [3.8, 4) is 28.7 Å². The zero-order valence-corrected chi connectivity index (χ0v) is 23.6. The second-order valence-electron chi connectivity index (χ2n) is 8.77. The van der Waals surface area contributed by atoms with E-state index in [9.17, 15) is 14.7 Å². The molecule has 224 valence electrons. The minimum atomic E-state index is -0.688. The van der Waals surface area contributed by atoms with Crippen LogP contribution in [0.25, 0.3) is 0 Å². The number of carbonyl (C=O) groups is 3. The van der Waals surface area contributed by atoms with E-state index in [4.69, 9.17) is 28.8 Å². The van der Waals surface area contributed by atoms with Crippen molar-refractivity contribution in [2.24, 2.45) is 5.92 Å². The molecule has 9 nitrogen and oxygen atoms in total. The summed E-state index contributed by atoms with van der Waals surface area (Å²) in [6, 6.07) is 15.8. The van der Waals surface area contributed by atoms with Gasteiger partial charge in [-0.25, -0.2) is 0 Å². The van der Waals surface area contributed by atoms with Gasteiger partial charge in [-0.1, -0.05) is 33.8 Å². The number of aryl methyl sites for hydroxylation is 1. The van der Waals surface area contributed by atoms with Crippen molar-refractivity contribution in [3.05, 3.63) is 76.9 Å². The van der Waals surface area contributed by atoms with Crippen LogP contribution in [0.15, 0.2) is 54.6 Å². The van der Waals surface area contributed by atoms with Crippen LogP contribution in [-0.2, 0) is 22.8 Å². The highest BCUT2D eigenvalue weighted by atomic mass is 16.5. The molecule has 0 aromatic heterocycles. The van der Waals surface area contributed by atoms with Crippen LogP contribution in [0.4, 0.5) is 0 Å². The number of aldehydes is 1. The van der Waals surface area contributed by atoms with E-state index in [1.54, 1.807) is 44.4 Å². The number of aliphatic carboxylic acids is 1. The number of phenols is 1. The molecule has 2 N–H and O–H groups in total. The third kappa shape index (κ3) is 12.5. The van der Waals surface area contributed by atoms with Crippen molar-refractivity contribution in [1.82, 2.24) is 0 Å². The second-order valence-corrected chi connectivity index (χ2v) is 8.77. The summed E-state index contributed by atoms with van der Waals surface area (Å²) in [5.41, 5.74) is 3.07. The van der Waals surface area contributed by atoms with Gasteiger partial charge in [-0.15, -0.1) is 0 Å². The van der Waals surface area contributed by atoms with Gasteiger partial charge in [0.1, 0.15) is 48.8 Å². The molecule has 0 spiro atoms. The number of hydrogen-bond donors (Lipinski definition) is 2. The van der Waals surface area contributed by atoms with E-state index in [-0.39, 0.29) is 32.3 Å². The molecule has 0 saturated heterocycles. The fraction of sp³-hybridized carbons (Fsp3) is 0.344. The number of methoxy groups -OCH3 is 2. The molecule has 0 radical (unpaired) electrons. The highest BCUT2D eigenvalue weighted by Gasteiger charge is 2.08. The number of carboxylic acid groups (broad SMARTS) is 1. The first-order chi connectivity index (χ1) is 19.2. The Balaban J connectivity index is 0.00000126. The maximum absolute atomic E-state index is 11.0. The van der Waals surface area contributed by atoms with E-state index in [0.29, 0.717) is 22.8 Å². The molecule has 1 atom stereocenters. The van der Waals surface area contributed by atoms with E-state index in [2.05, 4.69) is 0 Å². The lowest BCUT2D eigenvalue weighted by Crippen LogP contribution is -2.08. The van der Waals surface area contributed by atoms with E-state index in [0.717, 1.165) is 41.6 Å². The predicted molar refractivity (Wildman–Crippen MR) is 158 cm³/mol. The summed E-state index contributed by atoms with van der Waals surface area (Å²) in [7, 11) is 3.12. The van der Waals surface area contributed by atoms with Crippen LogP contribution in [0.1, 0.15) is 61.2 Å². The summed E-state index contributed by atoms with van der Waals surface area (Å²) < 4.78 is 22.1. The Morgan fingerprint density at radius 1 is 0.902 bits per heavy atom. The number of phenolic OH excluding ortho intramolecular Hbond substituents is 1. The van der Waals surface area contributed by atoms with Crippen LogP contribution in [-0.4, -0.2) is 43.5 Å². The Hall–Kier alpha value is -4.53. The van der Waals surface area contributed by atoms with E-state index < -0.39 is 5.97 Å². The molecule has 0 aliphatic heterocycles. The number of hydrogen-bond acceptors (Lipinski definition) is 8. The second kappa shape index (κ2) is 19.5. The van der Waals surface area contributed by atoms with Gasteiger partial charge in [0.2, 0.25) is 0 Å². The largest absolute Gasteiger partial charge is 0.508 e. The maximum Gasteiger partial charge on any atom is 0.306 e. The van der Waals surface area contributed by atoms with Crippen molar-refractivity contribution in [2.75, 3.05) is 14.2 Å². The molecule has 0 bridgehead atoms. The first kappa shape index (κ1) is 36.5.